The van der Waals surface area contributed by atoms with Gasteiger partial charge in [-0.15, -0.1) is 41.6 Å². The van der Waals surface area contributed by atoms with E-state index < -0.39 is 14.4 Å². The monoisotopic (exact) mass is 1250 g/mol. The van der Waals surface area contributed by atoms with Crippen LogP contribution in [0.3, 0.4) is 0 Å². The molecule has 8 heteroatoms. The molecule has 2 atom stereocenters. The molecule has 8 aromatic rings. The molecule has 0 saturated heterocycles. The molecule has 0 aromatic heterocycles. The fraction of sp³-hybridized carbons (Fsp3) is 0.0690. The van der Waals surface area contributed by atoms with Crippen LogP contribution in [0.25, 0.3) is 32.9 Å². The van der Waals surface area contributed by atoms with Gasteiger partial charge in [-0.25, -0.2) is 0 Å². The molecule has 0 saturated carbocycles. The molecule has 2 heterocycles. The molecule has 2 aliphatic rings. The van der Waals surface area contributed by atoms with Crippen molar-refractivity contribution in [1.82, 2.24) is 0 Å². The van der Waals surface area contributed by atoms with Crippen molar-refractivity contribution in [1.29, 1.82) is 0 Å². The van der Waals surface area contributed by atoms with Crippen LogP contribution in [0.4, 0.5) is 5.69 Å². The molecule has 0 N–H and O–H groups in total. The van der Waals surface area contributed by atoms with Gasteiger partial charge in [0.2, 0.25) is 7.29 Å². The fourth-order valence-corrected chi connectivity index (χ4v) is 13.9. The molecule has 2 unspecified atom stereocenters. The zero-order valence-corrected chi connectivity index (χ0v) is 43.6. The molecule has 0 amide bonds. The summed E-state index contributed by atoms with van der Waals surface area (Å²) in [4.78, 5) is 1.97. The Kier molecular flexibility index (Phi) is 15.4. The van der Waals surface area contributed by atoms with Gasteiger partial charge in [-0.3, -0.25) is 9.33 Å². The number of benzene rings is 8. The van der Waals surface area contributed by atoms with Gasteiger partial charge in [0.15, 0.2) is 0 Å². The zero-order valence-electron chi connectivity index (χ0n) is 37.0. The Morgan fingerprint density at radius 2 is 0.924 bits per heavy atom. The number of hydrogen-bond acceptors (Lipinski definition) is 3. The Morgan fingerprint density at radius 1 is 0.485 bits per heavy atom. The van der Waals surface area contributed by atoms with E-state index in [-0.39, 0.29) is 40.2 Å². The van der Waals surface area contributed by atoms with Gasteiger partial charge in [-0.05, 0) is 113 Å². The second-order valence-electron chi connectivity index (χ2n) is 16.2. The average molecular weight is 1250 g/mol. The van der Waals surface area contributed by atoms with Gasteiger partial charge in [0.1, 0.15) is 0 Å². The number of aryl methyl sites for hydroxylation is 4. The van der Waals surface area contributed by atoms with E-state index in [9.17, 15) is 9.13 Å². The summed E-state index contributed by atoms with van der Waals surface area (Å²) < 4.78 is 34.0. The van der Waals surface area contributed by atoms with Crippen LogP contribution >= 0.6 is 14.4 Å². The number of rotatable bonds is 8. The molecule has 332 valence electrons. The van der Waals surface area contributed by atoms with E-state index >= 15 is 0 Å². The maximum Gasteiger partial charge on any atom is 0.239 e. The zero-order chi connectivity index (χ0) is 44.3. The Morgan fingerprint density at radius 3 is 1.39 bits per heavy atom. The van der Waals surface area contributed by atoms with E-state index in [4.69, 9.17) is 4.76 Å². The van der Waals surface area contributed by atoms with Crippen LogP contribution in [0.2, 0.25) is 0 Å². The van der Waals surface area contributed by atoms with Crippen LogP contribution < -0.4 is 15.5 Å². The van der Waals surface area contributed by atoms with Gasteiger partial charge < -0.3 is 9.46 Å². The van der Waals surface area contributed by atoms with Gasteiger partial charge >= 0.3 is 0 Å². The standard InChI is InChI=1S/C29H24NOP.C29H23NOP.2Ir/c1-22-18-25(24-12-6-3-7-13-24)19-23(2)29(22)28-20-30(26-14-8-4-9-15-26)21-32(28,31)27-16-10-5-11-17-27;1-21-18-25(23-12-6-3-7-13-23)19-22(2)29(21)28-20-27(24-14-8-4-9-15-24)30-32(28,31)26-16-10-5-11-17-26;;/h3-14,16-21H,1-2H3;3-14,16-20H,1-2H3;;/q-2;-1;;. The van der Waals surface area contributed by atoms with Crippen molar-refractivity contribution in [2.24, 2.45) is 4.76 Å². The first-order chi connectivity index (χ1) is 31.1. The summed E-state index contributed by atoms with van der Waals surface area (Å²) in [6, 6.07) is 70.9. The first kappa shape index (κ1) is 48.4. The topological polar surface area (TPSA) is 49.7 Å². The fourth-order valence-electron chi connectivity index (χ4n) is 8.77. The minimum atomic E-state index is -3.19. The summed E-state index contributed by atoms with van der Waals surface area (Å²) in [5, 5.41) is 3.26. The minimum Gasteiger partial charge on any atom is -0.512 e. The maximum atomic E-state index is 14.6. The van der Waals surface area contributed by atoms with Crippen LogP contribution in [0.1, 0.15) is 38.9 Å². The van der Waals surface area contributed by atoms with Crippen molar-refractivity contribution in [2.45, 2.75) is 27.7 Å². The van der Waals surface area contributed by atoms with E-state index in [2.05, 4.69) is 100 Å². The molecule has 10 rings (SSSR count). The molecule has 66 heavy (non-hydrogen) atoms. The number of allylic oxidation sites excluding steroid dienone is 1. The summed E-state index contributed by atoms with van der Waals surface area (Å²) in [7, 11) is -6.16. The molecule has 0 aliphatic carbocycles. The number of hydrogen-bond donors (Lipinski definition) is 0. The smallest absolute Gasteiger partial charge is 0.239 e. The van der Waals surface area contributed by atoms with Crippen LogP contribution in [-0.4, -0.2) is 5.71 Å². The number of nitrogens with zero attached hydrogens (tertiary/aromatic N) is 2. The van der Waals surface area contributed by atoms with Crippen molar-refractivity contribution >= 4 is 47.1 Å². The van der Waals surface area contributed by atoms with Crippen LogP contribution in [0.15, 0.2) is 211 Å². The third kappa shape index (κ3) is 9.79. The SMILES string of the molecule is Cc1cc(-c2ccccc2)cc(C)c1C1=CC(c2[c-]cccc2)=NP1(=O)c1ccccc1.Cc1cc(-c2ccccc2)cc(C)c1C1=CN(c2[c-]cccc2)[CH-]P1(=O)c1ccccc1.[Ir].[Ir]. The first-order valence-electron chi connectivity index (χ1n) is 21.4. The molecule has 0 fully saturated rings. The van der Waals surface area contributed by atoms with Crippen LogP contribution in [-0.2, 0) is 49.3 Å². The predicted octanol–water partition coefficient (Wildman–Crippen LogP) is 14.6. The quantitative estimate of drug-likeness (QED) is 0.113. The summed E-state index contributed by atoms with van der Waals surface area (Å²) in [6.45, 7) is 8.42. The molecular formula is C58H47Ir2N2O2P2-3. The third-order valence-electron chi connectivity index (χ3n) is 11.7. The van der Waals surface area contributed by atoms with Crippen molar-refractivity contribution < 1.29 is 49.3 Å². The van der Waals surface area contributed by atoms with Crippen molar-refractivity contribution in [3.05, 3.63) is 264 Å². The summed E-state index contributed by atoms with van der Waals surface area (Å²) >= 11 is 0. The number of anilines is 1. The molecule has 0 spiro atoms. The van der Waals surface area contributed by atoms with Gasteiger partial charge in [0.25, 0.3) is 0 Å². The Balaban J connectivity index is 0.000000191. The van der Waals surface area contributed by atoms with E-state index in [1.165, 1.54) is 16.7 Å². The molecule has 8 aromatic carbocycles. The average Bonchev–Trinajstić information content (AvgIpc) is 3.88. The molecule has 0 bridgehead atoms. The molecule has 2 radical (unpaired) electrons. The largest absolute Gasteiger partial charge is 0.512 e. The Labute approximate surface area is 416 Å². The Bertz CT molecular complexity index is 3020. The van der Waals surface area contributed by atoms with E-state index in [1.807, 2.05) is 157 Å². The molecule has 2 aliphatic heterocycles. The van der Waals surface area contributed by atoms with Gasteiger partial charge in [-0.2, -0.15) is 36.6 Å². The summed E-state index contributed by atoms with van der Waals surface area (Å²) in [6.07, 6.45) is 5.90. The third-order valence-corrected chi connectivity index (χ3v) is 16.9. The van der Waals surface area contributed by atoms with E-state index in [0.29, 0.717) is 0 Å². The van der Waals surface area contributed by atoms with Gasteiger partial charge in [0.05, 0.1) is 0 Å². The molecule has 4 nitrogen and oxygen atoms in total. The van der Waals surface area contributed by atoms with Gasteiger partial charge in [0, 0.05) is 63.3 Å². The van der Waals surface area contributed by atoms with Crippen molar-refractivity contribution in [2.75, 3.05) is 4.90 Å². The van der Waals surface area contributed by atoms with E-state index in [1.54, 1.807) is 0 Å². The first-order valence-corrected chi connectivity index (χ1v) is 24.8. The maximum absolute atomic E-state index is 14.6. The normalized spacial score (nSPS) is 17.3. The Hall–Kier alpha value is -5.53. The predicted molar refractivity (Wildman–Crippen MR) is 270 cm³/mol. The van der Waals surface area contributed by atoms with Crippen LogP contribution in [0, 0.1) is 46.1 Å². The molecular weight excluding hydrogens is 1200 g/mol. The van der Waals surface area contributed by atoms with Crippen molar-refractivity contribution in [3.8, 4) is 22.3 Å². The second-order valence-corrected chi connectivity index (χ2v) is 21.1. The van der Waals surface area contributed by atoms with Gasteiger partial charge in [-0.1, -0.05) is 140 Å². The number of para-hydroxylation sites is 1. The second kappa shape index (κ2) is 21.0. The van der Waals surface area contributed by atoms with Crippen LogP contribution in [0.5, 0.6) is 0 Å². The van der Waals surface area contributed by atoms with E-state index in [0.717, 1.165) is 77.1 Å². The minimum absolute atomic E-state index is 0. The van der Waals surface area contributed by atoms with Crippen molar-refractivity contribution in [3.63, 3.8) is 0 Å². The summed E-state index contributed by atoms with van der Waals surface area (Å²) in [5.41, 5.74) is 13.7. The summed E-state index contributed by atoms with van der Waals surface area (Å²) in [5.74, 6) is 0.